The van der Waals surface area contributed by atoms with Gasteiger partial charge >= 0.3 is 0 Å². The number of para-hydroxylation sites is 1. The second-order valence-electron chi connectivity index (χ2n) is 8.28. The fourth-order valence-electron chi connectivity index (χ4n) is 4.52. The zero-order chi connectivity index (χ0) is 20.9. The van der Waals surface area contributed by atoms with Crippen LogP contribution in [0, 0.1) is 13.8 Å². The standard InChI is InChI=1S/C29H22N2/c1-19-14-27(30-17-20(19)2)22-10-7-9-21(15-22)26-18-31-28-13-6-3-8-23(28)16-29(31)25-12-5-4-11-24(25)26/h3-18H,1-2H3. The molecule has 6 rings (SSSR count). The third-order valence-corrected chi connectivity index (χ3v) is 6.34. The number of aryl methyl sites for hydroxylation is 2. The van der Waals surface area contributed by atoms with Crippen molar-refractivity contribution in [2.45, 2.75) is 13.8 Å². The van der Waals surface area contributed by atoms with Gasteiger partial charge < -0.3 is 4.40 Å². The Hall–Kier alpha value is -3.91. The maximum atomic E-state index is 4.68. The van der Waals surface area contributed by atoms with Gasteiger partial charge in [-0.3, -0.25) is 4.98 Å². The van der Waals surface area contributed by atoms with Crippen LogP contribution in [0.3, 0.4) is 0 Å². The Labute approximate surface area is 181 Å². The molecule has 0 saturated carbocycles. The Morgan fingerprint density at radius 2 is 1.42 bits per heavy atom. The van der Waals surface area contributed by atoms with Gasteiger partial charge in [-0.15, -0.1) is 0 Å². The third-order valence-electron chi connectivity index (χ3n) is 6.34. The molecule has 2 nitrogen and oxygen atoms in total. The lowest BCUT2D eigenvalue weighted by Crippen LogP contribution is -1.92. The highest BCUT2D eigenvalue weighted by Gasteiger charge is 2.12. The van der Waals surface area contributed by atoms with Crippen molar-refractivity contribution in [2.75, 3.05) is 0 Å². The second-order valence-corrected chi connectivity index (χ2v) is 8.28. The van der Waals surface area contributed by atoms with Gasteiger partial charge in [0.05, 0.1) is 16.7 Å². The summed E-state index contributed by atoms with van der Waals surface area (Å²) in [5, 5.41) is 3.80. The minimum absolute atomic E-state index is 1.02. The zero-order valence-electron chi connectivity index (χ0n) is 17.6. The van der Waals surface area contributed by atoms with Crippen molar-refractivity contribution >= 4 is 27.2 Å². The van der Waals surface area contributed by atoms with Crippen LogP contribution in [0.15, 0.2) is 97.3 Å². The Morgan fingerprint density at radius 1 is 0.645 bits per heavy atom. The number of hydrogen-bond acceptors (Lipinski definition) is 1. The smallest absolute Gasteiger partial charge is 0.0705 e. The van der Waals surface area contributed by atoms with Crippen molar-refractivity contribution in [1.82, 2.24) is 9.38 Å². The van der Waals surface area contributed by atoms with Crippen LogP contribution < -0.4 is 0 Å². The Kier molecular flexibility index (Phi) is 3.94. The maximum absolute atomic E-state index is 4.68. The molecule has 148 valence electrons. The Balaban J connectivity index is 1.64. The molecular weight excluding hydrogens is 376 g/mol. The van der Waals surface area contributed by atoms with Crippen molar-refractivity contribution in [3.05, 3.63) is 108 Å². The molecule has 2 heteroatoms. The van der Waals surface area contributed by atoms with E-state index in [1.165, 1.54) is 49.4 Å². The van der Waals surface area contributed by atoms with E-state index in [0.717, 1.165) is 11.3 Å². The molecule has 0 radical (unpaired) electrons. The van der Waals surface area contributed by atoms with Crippen molar-refractivity contribution in [1.29, 1.82) is 0 Å². The van der Waals surface area contributed by atoms with Gasteiger partial charge in [0.2, 0.25) is 0 Å². The van der Waals surface area contributed by atoms with E-state index >= 15 is 0 Å². The summed E-state index contributed by atoms with van der Waals surface area (Å²) in [6, 6.07) is 30.5. The SMILES string of the molecule is Cc1cnc(-c2cccc(-c3cn4c5ccccc5cc4c4ccccc34)c2)cc1C. The minimum Gasteiger partial charge on any atom is -0.315 e. The summed E-state index contributed by atoms with van der Waals surface area (Å²) in [6.07, 6.45) is 4.25. The third kappa shape index (κ3) is 2.83. The fraction of sp³-hybridized carbons (Fsp3) is 0.0690. The molecule has 0 N–H and O–H groups in total. The summed E-state index contributed by atoms with van der Waals surface area (Å²) in [5.41, 5.74) is 9.55. The van der Waals surface area contributed by atoms with Crippen LogP contribution in [-0.2, 0) is 0 Å². The first kappa shape index (κ1) is 17.9. The topological polar surface area (TPSA) is 17.3 Å². The summed E-state index contributed by atoms with van der Waals surface area (Å²) in [7, 11) is 0. The first-order chi connectivity index (χ1) is 15.2. The molecule has 0 aliphatic heterocycles. The zero-order valence-corrected chi connectivity index (χ0v) is 17.6. The van der Waals surface area contributed by atoms with Crippen molar-refractivity contribution in [2.24, 2.45) is 0 Å². The molecule has 31 heavy (non-hydrogen) atoms. The monoisotopic (exact) mass is 398 g/mol. The van der Waals surface area contributed by atoms with Gasteiger partial charge in [-0.1, -0.05) is 60.7 Å². The van der Waals surface area contributed by atoms with Gasteiger partial charge in [0, 0.05) is 34.3 Å². The van der Waals surface area contributed by atoms with Gasteiger partial charge in [-0.2, -0.15) is 0 Å². The number of fused-ring (bicyclic) bond motifs is 5. The average molecular weight is 399 g/mol. The summed E-state index contributed by atoms with van der Waals surface area (Å²) in [4.78, 5) is 4.68. The minimum atomic E-state index is 1.02. The molecule has 0 atom stereocenters. The van der Waals surface area contributed by atoms with E-state index in [1.807, 2.05) is 6.20 Å². The summed E-state index contributed by atoms with van der Waals surface area (Å²) in [6.45, 7) is 4.24. The molecule has 0 saturated heterocycles. The van der Waals surface area contributed by atoms with E-state index in [0.29, 0.717) is 0 Å². The number of benzene rings is 3. The molecular formula is C29H22N2. The second kappa shape index (κ2) is 6.82. The molecule has 0 aliphatic carbocycles. The largest absolute Gasteiger partial charge is 0.315 e. The van der Waals surface area contributed by atoms with Crippen LogP contribution in [-0.4, -0.2) is 9.38 Å². The van der Waals surface area contributed by atoms with Crippen molar-refractivity contribution in [3.63, 3.8) is 0 Å². The highest BCUT2D eigenvalue weighted by Crippen LogP contribution is 2.35. The van der Waals surface area contributed by atoms with Crippen LogP contribution in [0.1, 0.15) is 11.1 Å². The Morgan fingerprint density at radius 3 is 2.29 bits per heavy atom. The lowest BCUT2D eigenvalue weighted by atomic mass is 9.97. The van der Waals surface area contributed by atoms with E-state index in [2.05, 4.69) is 114 Å². The van der Waals surface area contributed by atoms with Crippen LogP contribution in [0.25, 0.3) is 49.6 Å². The van der Waals surface area contributed by atoms with Gasteiger partial charge in [0.25, 0.3) is 0 Å². The number of aromatic nitrogens is 2. The molecule has 0 fully saturated rings. The number of pyridine rings is 2. The molecule has 0 amide bonds. The molecule has 6 aromatic rings. The first-order valence-electron chi connectivity index (χ1n) is 10.6. The summed E-state index contributed by atoms with van der Waals surface area (Å²) in [5.74, 6) is 0. The van der Waals surface area contributed by atoms with Gasteiger partial charge in [0.15, 0.2) is 0 Å². The first-order valence-corrected chi connectivity index (χ1v) is 10.6. The van der Waals surface area contributed by atoms with E-state index in [1.54, 1.807) is 0 Å². The lowest BCUT2D eigenvalue weighted by Gasteiger charge is -2.12. The average Bonchev–Trinajstić information content (AvgIpc) is 3.19. The highest BCUT2D eigenvalue weighted by atomic mass is 14.9. The van der Waals surface area contributed by atoms with Crippen LogP contribution in [0.5, 0.6) is 0 Å². The molecule has 3 aromatic carbocycles. The van der Waals surface area contributed by atoms with Gasteiger partial charge in [0.1, 0.15) is 0 Å². The lowest BCUT2D eigenvalue weighted by molar-refractivity contribution is 1.22. The van der Waals surface area contributed by atoms with Crippen molar-refractivity contribution in [3.8, 4) is 22.4 Å². The molecule has 0 bridgehead atoms. The van der Waals surface area contributed by atoms with E-state index in [4.69, 9.17) is 0 Å². The van der Waals surface area contributed by atoms with E-state index in [-0.39, 0.29) is 0 Å². The molecule has 0 spiro atoms. The molecule has 3 heterocycles. The number of nitrogens with zero attached hydrogens (tertiary/aromatic N) is 2. The van der Waals surface area contributed by atoms with E-state index < -0.39 is 0 Å². The highest BCUT2D eigenvalue weighted by molar-refractivity contribution is 6.08. The van der Waals surface area contributed by atoms with Gasteiger partial charge in [-0.25, -0.2) is 0 Å². The predicted octanol–water partition coefficient (Wildman–Crippen LogP) is 7.59. The predicted molar refractivity (Wildman–Crippen MR) is 131 cm³/mol. The maximum Gasteiger partial charge on any atom is 0.0705 e. The number of rotatable bonds is 2. The number of hydrogen-bond donors (Lipinski definition) is 0. The Bertz CT molecular complexity index is 1600. The summed E-state index contributed by atoms with van der Waals surface area (Å²) >= 11 is 0. The molecule has 0 aliphatic rings. The van der Waals surface area contributed by atoms with Crippen molar-refractivity contribution < 1.29 is 0 Å². The normalized spacial score (nSPS) is 11.5. The van der Waals surface area contributed by atoms with E-state index in [9.17, 15) is 0 Å². The van der Waals surface area contributed by atoms with Gasteiger partial charge in [-0.05, 0) is 60.2 Å². The van der Waals surface area contributed by atoms with Crippen LogP contribution in [0.4, 0.5) is 0 Å². The van der Waals surface area contributed by atoms with Crippen LogP contribution in [0.2, 0.25) is 0 Å². The molecule has 0 unspecified atom stereocenters. The summed E-state index contributed by atoms with van der Waals surface area (Å²) < 4.78 is 2.33. The fourth-order valence-corrected chi connectivity index (χ4v) is 4.52. The molecule has 3 aromatic heterocycles. The van der Waals surface area contributed by atoms with Crippen LogP contribution >= 0.6 is 0 Å². The quantitative estimate of drug-likeness (QED) is 0.294.